The molecule has 2 aliphatic rings. The van der Waals surface area contributed by atoms with Gasteiger partial charge in [-0.25, -0.2) is 0 Å². The molecule has 0 saturated carbocycles. The Morgan fingerprint density at radius 1 is 1.12 bits per heavy atom. The second kappa shape index (κ2) is 5.50. The summed E-state index contributed by atoms with van der Waals surface area (Å²) >= 11 is 0. The van der Waals surface area contributed by atoms with Crippen LogP contribution in [0.1, 0.15) is 49.9 Å². The van der Waals surface area contributed by atoms with Crippen molar-refractivity contribution in [2.45, 2.75) is 51.7 Å². The van der Waals surface area contributed by atoms with Crippen molar-refractivity contribution in [3.63, 3.8) is 0 Å². The van der Waals surface area contributed by atoms with Crippen LogP contribution in [0.25, 0.3) is 0 Å². The van der Waals surface area contributed by atoms with Crippen LogP contribution in [-0.2, 0) is 12.8 Å². The summed E-state index contributed by atoms with van der Waals surface area (Å²) in [6, 6.07) is 9.48. The van der Waals surface area contributed by atoms with Gasteiger partial charge in [-0.2, -0.15) is 0 Å². The zero-order chi connectivity index (χ0) is 18.7. The third-order valence-corrected chi connectivity index (χ3v) is 5.06. The first-order valence-corrected chi connectivity index (χ1v) is 9.01. The number of benzene rings is 2. The smallest absolute Gasteiger partial charge is 0.166 e. The highest BCUT2D eigenvalue weighted by atomic mass is 16.5. The van der Waals surface area contributed by atoms with Gasteiger partial charge >= 0.3 is 0 Å². The zero-order valence-corrected chi connectivity index (χ0v) is 16.0. The van der Waals surface area contributed by atoms with Crippen LogP contribution in [0.4, 0.5) is 0 Å². The molecular formula is C22H25NO3. The van der Waals surface area contributed by atoms with Gasteiger partial charge in [-0.3, -0.25) is 4.99 Å². The minimum absolute atomic E-state index is 0.248. The quantitative estimate of drug-likeness (QED) is 0.878. The summed E-state index contributed by atoms with van der Waals surface area (Å²) in [5.74, 6) is 1.83. The molecule has 2 heterocycles. The van der Waals surface area contributed by atoms with Gasteiger partial charge in [0.15, 0.2) is 11.5 Å². The second-order valence-corrected chi connectivity index (χ2v) is 8.43. The summed E-state index contributed by atoms with van der Waals surface area (Å²) in [6.07, 6.45) is 1.61. The third kappa shape index (κ3) is 2.64. The average Bonchev–Trinajstić information content (AvgIpc) is 2.87. The second-order valence-electron chi connectivity index (χ2n) is 8.43. The fourth-order valence-electron chi connectivity index (χ4n) is 4.09. The number of aliphatic imine (C=N–C) groups is 1. The molecular weight excluding hydrogens is 326 g/mol. The van der Waals surface area contributed by atoms with E-state index in [4.69, 9.17) is 14.5 Å². The van der Waals surface area contributed by atoms with Gasteiger partial charge in [0, 0.05) is 23.1 Å². The van der Waals surface area contributed by atoms with Crippen LogP contribution in [0, 0.1) is 0 Å². The molecule has 0 radical (unpaired) electrons. The van der Waals surface area contributed by atoms with E-state index in [0.29, 0.717) is 0 Å². The summed E-state index contributed by atoms with van der Waals surface area (Å²) in [4.78, 5) is 5.03. The van der Waals surface area contributed by atoms with Crippen LogP contribution >= 0.6 is 0 Å². The molecule has 0 amide bonds. The largest absolute Gasteiger partial charge is 0.507 e. The Bertz CT molecular complexity index is 925. The molecule has 2 aliphatic heterocycles. The van der Waals surface area contributed by atoms with Crippen LogP contribution in [-0.4, -0.2) is 29.1 Å². The lowest BCUT2D eigenvalue weighted by Gasteiger charge is -2.31. The van der Waals surface area contributed by atoms with Gasteiger partial charge in [0.1, 0.15) is 11.4 Å². The Hall–Kier alpha value is -2.49. The van der Waals surface area contributed by atoms with Gasteiger partial charge in [-0.15, -0.1) is 0 Å². The number of rotatable bonds is 2. The van der Waals surface area contributed by atoms with Crippen LogP contribution < -0.4 is 9.47 Å². The molecule has 0 unspecified atom stereocenters. The van der Waals surface area contributed by atoms with Crippen molar-refractivity contribution in [1.82, 2.24) is 0 Å². The fraction of sp³-hybridized carbons (Fsp3) is 0.409. The number of phenols is 1. The van der Waals surface area contributed by atoms with Crippen LogP contribution in [0.5, 0.6) is 17.2 Å². The minimum Gasteiger partial charge on any atom is -0.507 e. The number of hydrogen-bond donors (Lipinski definition) is 1. The van der Waals surface area contributed by atoms with E-state index in [9.17, 15) is 5.11 Å². The highest BCUT2D eigenvalue weighted by Crippen LogP contribution is 2.48. The fourth-order valence-corrected chi connectivity index (χ4v) is 4.09. The highest BCUT2D eigenvalue weighted by Gasteiger charge is 2.39. The van der Waals surface area contributed by atoms with Crippen molar-refractivity contribution >= 4 is 5.71 Å². The Kier molecular flexibility index (Phi) is 3.59. The summed E-state index contributed by atoms with van der Waals surface area (Å²) < 4.78 is 11.8. The van der Waals surface area contributed by atoms with E-state index in [-0.39, 0.29) is 16.9 Å². The first-order valence-electron chi connectivity index (χ1n) is 9.01. The Balaban J connectivity index is 2.02. The maximum Gasteiger partial charge on any atom is 0.166 e. The Labute approximate surface area is 154 Å². The van der Waals surface area contributed by atoms with Gasteiger partial charge in [0.2, 0.25) is 0 Å². The first-order chi connectivity index (χ1) is 12.2. The lowest BCUT2D eigenvalue weighted by molar-refractivity contribution is 0.134. The topological polar surface area (TPSA) is 51.0 Å². The van der Waals surface area contributed by atoms with Gasteiger partial charge in [-0.1, -0.05) is 12.1 Å². The molecule has 0 saturated heterocycles. The van der Waals surface area contributed by atoms with Crippen molar-refractivity contribution < 1.29 is 14.6 Å². The van der Waals surface area contributed by atoms with Crippen LogP contribution in [0.2, 0.25) is 0 Å². The Morgan fingerprint density at radius 2 is 1.85 bits per heavy atom. The summed E-state index contributed by atoms with van der Waals surface area (Å²) in [6.45, 7) is 8.41. The van der Waals surface area contributed by atoms with Crippen molar-refractivity contribution in [2.24, 2.45) is 4.99 Å². The lowest BCUT2D eigenvalue weighted by Crippen LogP contribution is -2.30. The maximum atomic E-state index is 10.5. The van der Waals surface area contributed by atoms with Gasteiger partial charge in [-0.05, 0) is 57.9 Å². The van der Waals surface area contributed by atoms with Gasteiger partial charge < -0.3 is 14.6 Å². The molecule has 4 rings (SSSR count). The first kappa shape index (κ1) is 17.0. The molecule has 4 nitrogen and oxygen atoms in total. The van der Waals surface area contributed by atoms with E-state index >= 15 is 0 Å². The van der Waals surface area contributed by atoms with Crippen molar-refractivity contribution in [2.75, 3.05) is 7.11 Å². The number of fused-ring (bicyclic) bond motifs is 3. The Morgan fingerprint density at radius 3 is 2.54 bits per heavy atom. The number of hydrogen-bond acceptors (Lipinski definition) is 4. The molecule has 2 aromatic carbocycles. The predicted octanol–water partition coefficient (Wildman–Crippen LogP) is 4.29. The molecule has 0 aromatic heterocycles. The number of ether oxygens (including phenoxy) is 2. The van der Waals surface area contributed by atoms with E-state index in [1.807, 2.05) is 18.2 Å². The van der Waals surface area contributed by atoms with E-state index in [2.05, 4.69) is 33.8 Å². The van der Waals surface area contributed by atoms with Gasteiger partial charge in [0.05, 0.1) is 18.4 Å². The number of nitrogens with zero attached hydrogens (tertiary/aromatic N) is 1. The molecule has 26 heavy (non-hydrogen) atoms. The maximum absolute atomic E-state index is 10.5. The van der Waals surface area contributed by atoms with Crippen molar-refractivity contribution in [3.05, 3.63) is 52.6 Å². The molecule has 0 aliphatic carbocycles. The summed E-state index contributed by atoms with van der Waals surface area (Å²) in [7, 11) is 1.68. The number of phenolic OH excluding ortho intramolecular Hbond substituents is 1. The summed E-state index contributed by atoms with van der Waals surface area (Å²) in [5.41, 5.74) is 4.47. The standard InChI is InChI=1S/C22H25NO3/c1-21(2)11-13-10-17(25-5)20-15(12-22(3,4)26-20)18(13)19(23-21)14-8-6-7-9-16(14)24/h6-10,24H,11-12H2,1-5H3. The van der Waals surface area contributed by atoms with Crippen molar-refractivity contribution in [3.8, 4) is 17.2 Å². The van der Waals surface area contributed by atoms with E-state index < -0.39 is 0 Å². The van der Waals surface area contributed by atoms with E-state index in [0.717, 1.165) is 46.7 Å². The van der Waals surface area contributed by atoms with Crippen molar-refractivity contribution in [1.29, 1.82) is 0 Å². The normalized spacial score (nSPS) is 19.2. The molecule has 0 fully saturated rings. The molecule has 0 bridgehead atoms. The number of aromatic hydroxyl groups is 1. The zero-order valence-electron chi connectivity index (χ0n) is 16.0. The third-order valence-electron chi connectivity index (χ3n) is 5.06. The molecule has 4 heteroatoms. The molecule has 2 aromatic rings. The SMILES string of the molecule is COc1cc2c(c3c1OC(C)(C)C3)C(c1ccccc1O)=NC(C)(C)C2. The van der Waals surface area contributed by atoms with Gasteiger partial charge in [0.25, 0.3) is 0 Å². The number of methoxy groups -OCH3 is 1. The predicted molar refractivity (Wildman–Crippen MR) is 103 cm³/mol. The molecule has 136 valence electrons. The monoisotopic (exact) mass is 351 g/mol. The van der Waals surface area contributed by atoms with E-state index in [1.165, 1.54) is 5.56 Å². The van der Waals surface area contributed by atoms with E-state index in [1.54, 1.807) is 13.2 Å². The minimum atomic E-state index is -0.290. The lowest BCUT2D eigenvalue weighted by atomic mass is 9.81. The van der Waals surface area contributed by atoms with Crippen LogP contribution in [0.15, 0.2) is 35.3 Å². The molecule has 0 spiro atoms. The molecule has 0 atom stereocenters. The number of para-hydroxylation sites is 1. The molecule has 1 N–H and O–H groups in total. The van der Waals surface area contributed by atoms with Crippen LogP contribution in [0.3, 0.4) is 0 Å². The average molecular weight is 351 g/mol. The summed E-state index contributed by atoms with van der Waals surface area (Å²) in [5, 5.41) is 10.5. The highest BCUT2D eigenvalue weighted by molar-refractivity contribution is 6.17.